The molecule has 0 saturated carbocycles. The highest BCUT2D eigenvalue weighted by Gasteiger charge is 2.26. The van der Waals surface area contributed by atoms with Crippen LogP contribution in [0.5, 0.6) is 0 Å². The van der Waals surface area contributed by atoms with Crippen LogP contribution in [0.3, 0.4) is 0 Å². The van der Waals surface area contributed by atoms with E-state index in [0.29, 0.717) is 18.9 Å². The fourth-order valence-electron chi connectivity index (χ4n) is 1.51. The van der Waals surface area contributed by atoms with Crippen LogP contribution in [0.15, 0.2) is 5.51 Å². The second-order valence-electron chi connectivity index (χ2n) is 3.06. The third-order valence-corrected chi connectivity index (χ3v) is 3.09. The molecular formula is C8H10N2OS. The maximum absolute atomic E-state index is 11.4. The Labute approximate surface area is 74.6 Å². The lowest BCUT2D eigenvalue weighted by atomic mass is 9.90. The number of thiazole rings is 1. The van der Waals surface area contributed by atoms with Crippen molar-refractivity contribution in [1.29, 1.82) is 0 Å². The monoisotopic (exact) mass is 182 g/mol. The van der Waals surface area contributed by atoms with Gasteiger partial charge in [0.25, 0.3) is 0 Å². The van der Waals surface area contributed by atoms with Gasteiger partial charge in [-0.2, -0.15) is 0 Å². The van der Waals surface area contributed by atoms with Crippen LogP contribution in [0.25, 0.3) is 0 Å². The number of carbonyl (C=O) groups excluding carboxylic acids is 1. The summed E-state index contributed by atoms with van der Waals surface area (Å²) in [4.78, 5) is 16.4. The van der Waals surface area contributed by atoms with Crippen molar-refractivity contribution >= 4 is 17.1 Å². The molecule has 1 aromatic rings. The Kier molecular flexibility index (Phi) is 1.94. The van der Waals surface area contributed by atoms with E-state index in [1.54, 1.807) is 5.51 Å². The number of aromatic nitrogens is 1. The molecule has 64 valence electrons. The first-order chi connectivity index (χ1) is 5.81. The predicted octanol–water partition coefficient (Wildman–Crippen LogP) is 0.847. The number of nitrogens with two attached hydrogens (primary N) is 1. The summed E-state index contributed by atoms with van der Waals surface area (Å²) in [7, 11) is 0. The van der Waals surface area contributed by atoms with Crippen LogP contribution in [0, 0.1) is 5.92 Å². The molecule has 0 aromatic carbocycles. The zero-order chi connectivity index (χ0) is 8.55. The number of rotatable bonds is 1. The van der Waals surface area contributed by atoms with E-state index in [-0.39, 0.29) is 5.78 Å². The van der Waals surface area contributed by atoms with Crippen LogP contribution in [0.1, 0.15) is 21.8 Å². The minimum absolute atomic E-state index is 0.217. The molecular weight excluding hydrogens is 172 g/mol. The lowest BCUT2D eigenvalue weighted by Gasteiger charge is -2.17. The Hall–Kier alpha value is -0.740. The second-order valence-corrected chi connectivity index (χ2v) is 3.92. The average Bonchev–Trinajstić information content (AvgIpc) is 2.52. The Morgan fingerprint density at radius 2 is 2.50 bits per heavy atom. The first-order valence-electron chi connectivity index (χ1n) is 3.97. The molecule has 0 bridgehead atoms. The first-order valence-corrected chi connectivity index (χ1v) is 4.85. The molecule has 1 heterocycles. The van der Waals surface area contributed by atoms with Crippen molar-refractivity contribution in [3.8, 4) is 0 Å². The molecule has 1 unspecified atom stereocenters. The number of fused-ring (bicyclic) bond motifs is 1. The first kappa shape index (κ1) is 7.89. The normalized spacial score (nSPS) is 22.4. The smallest absolute Gasteiger partial charge is 0.175 e. The zero-order valence-corrected chi connectivity index (χ0v) is 7.43. The number of hydrogen-bond acceptors (Lipinski definition) is 4. The standard InChI is InChI=1S/C8H10N2OS/c9-3-5-1-6-8(7(11)2-5)12-4-10-6/h4-5H,1-3,9H2. The van der Waals surface area contributed by atoms with Crippen molar-refractivity contribution < 1.29 is 4.79 Å². The largest absolute Gasteiger partial charge is 0.330 e. The van der Waals surface area contributed by atoms with E-state index >= 15 is 0 Å². The maximum Gasteiger partial charge on any atom is 0.175 e. The Morgan fingerprint density at radius 3 is 3.25 bits per heavy atom. The number of ketones is 1. The van der Waals surface area contributed by atoms with Gasteiger partial charge < -0.3 is 5.73 Å². The van der Waals surface area contributed by atoms with Crippen molar-refractivity contribution in [2.45, 2.75) is 12.8 Å². The molecule has 1 aliphatic carbocycles. The van der Waals surface area contributed by atoms with E-state index in [9.17, 15) is 4.79 Å². The average molecular weight is 182 g/mol. The lowest BCUT2D eigenvalue weighted by Crippen LogP contribution is -2.25. The van der Waals surface area contributed by atoms with Crippen LogP contribution < -0.4 is 5.73 Å². The highest BCUT2D eigenvalue weighted by molar-refractivity contribution is 7.12. The molecule has 0 amide bonds. The third-order valence-electron chi connectivity index (χ3n) is 2.18. The molecule has 0 fully saturated rings. The van der Waals surface area contributed by atoms with Crippen molar-refractivity contribution in [1.82, 2.24) is 4.98 Å². The topological polar surface area (TPSA) is 56.0 Å². The Balaban J connectivity index is 2.32. The lowest BCUT2D eigenvalue weighted by molar-refractivity contribution is 0.0954. The van der Waals surface area contributed by atoms with Crippen molar-refractivity contribution in [3.63, 3.8) is 0 Å². The summed E-state index contributed by atoms with van der Waals surface area (Å²) in [6.45, 7) is 0.586. The predicted molar refractivity (Wildman–Crippen MR) is 47.3 cm³/mol. The summed E-state index contributed by atoms with van der Waals surface area (Å²) in [5.41, 5.74) is 8.20. The summed E-state index contributed by atoms with van der Waals surface area (Å²) < 4.78 is 0. The van der Waals surface area contributed by atoms with E-state index < -0.39 is 0 Å². The van der Waals surface area contributed by atoms with Gasteiger partial charge in [0, 0.05) is 6.42 Å². The van der Waals surface area contributed by atoms with Gasteiger partial charge in [0.15, 0.2) is 5.78 Å². The second kappa shape index (κ2) is 2.95. The number of nitrogens with zero attached hydrogens (tertiary/aromatic N) is 1. The van der Waals surface area contributed by atoms with Gasteiger partial charge in [-0.15, -0.1) is 11.3 Å². The maximum atomic E-state index is 11.4. The van der Waals surface area contributed by atoms with Gasteiger partial charge in [-0.1, -0.05) is 0 Å². The summed E-state index contributed by atoms with van der Waals surface area (Å²) in [6, 6.07) is 0. The molecule has 1 aliphatic rings. The Bertz CT molecular complexity index is 308. The summed E-state index contributed by atoms with van der Waals surface area (Å²) in [5.74, 6) is 0.529. The molecule has 0 spiro atoms. The minimum atomic E-state index is 0.217. The molecule has 12 heavy (non-hydrogen) atoms. The van der Waals surface area contributed by atoms with E-state index in [2.05, 4.69) is 4.98 Å². The molecule has 0 aliphatic heterocycles. The fourth-order valence-corrected chi connectivity index (χ4v) is 2.28. The van der Waals surface area contributed by atoms with Crippen LogP contribution in [0.2, 0.25) is 0 Å². The quantitative estimate of drug-likeness (QED) is 0.700. The van der Waals surface area contributed by atoms with E-state index in [1.807, 2.05) is 0 Å². The Morgan fingerprint density at radius 1 is 1.67 bits per heavy atom. The van der Waals surface area contributed by atoms with Crippen molar-refractivity contribution in [2.24, 2.45) is 11.7 Å². The summed E-state index contributed by atoms with van der Waals surface area (Å²) in [6.07, 6.45) is 1.48. The number of hydrogen-bond donors (Lipinski definition) is 1. The molecule has 2 N–H and O–H groups in total. The number of Topliss-reactive ketones (excluding diaryl/α,β-unsaturated/α-hetero) is 1. The van der Waals surface area contributed by atoms with Crippen molar-refractivity contribution in [2.75, 3.05) is 6.54 Å². The van der Waals surface area contributed by atoms with Gasteiger partial charge >= 0.3 is 0 Å². The third kappa shape index (κ3) is 1.17. The minimum Gasteiger partial charge on any atom is -0.330 e. The van der Waals surface area contributed by atoms with E-state index in [4.69, 9.17) is 5.73 Å². The van der Waals surface area contributed by atoms with Gasteiger partial charge in [-0.3, -0.25) is 4.79 Å². The van der Waals surface area contributed by atoms with Gasteiger partial charge in [0.2, 0.25) is 0 Å². The molecule has 0 saturated heterocycles. The molecule has 0 radical (unpaired) electrons. The van der Waals surface area contributed by atoms with Gasteiger partial charge in [-0.25, -0.2) is 4.98 Å². The molecule has 3 nitrogen and oxygen atoms in total. The summed E-state index contributed by atoms with van der Waals surface area (Å²) >= 11 is 1.44. The van der Waals surface area contributed by atoms with Crippen LogP contribution in [-0.4, -0.2) is 17.3 Å². The molecule has 1 aromatic heterocycles. The van der Waals surface area contributed by atoms with Crippen LogP contribution >= 0.6 is 11.3 Å². The highest BCUT2D eigenvalue weighted by Crippen LogP contribution is 2.26. The van der Waals surface area contributed by atoms with Crippen molar-refractivity contribution in [3.05, 3.63) is 16.1 Å². The zero-order valence-electron chi connectivity index (χ0n) is 6.62. The van der Waals surface area contributed by atoms with Crippen LogP contribution in [0.4, 0.5) is 0 Å². The van der Waals surface area contributed by atoms with E-state index in [1.165, 1.54) is 11.3 Å². The van der Waals surface area contributed by atoms with Gasteiger partial charge in [-0.05, 0) is 18.9 Å². The molecule has 1 atom stereocenters. The molecule has 4 heteroatoms. The van der Waals surface area contributed by atoms with Crippen LogP contribution in [-0.2, 0) is 6.42 Å². The van der Waals surface area contributed by atoms with Gasteiger partial charge in [0.1, 0.15) is 0 Å². The van der Waals surface area contributed by atoms with E-state index in [0.717, 1.165) is 17.0 Å². The molecule has 2 rings (SSSR count). The fraction of sp³-hybridized carbons (Fsp3) is 0.500. The summed E-state index contributed by atoms with van der Waals surface area (Å²) in [5, 5.41) is 0. The SMILES string of the molecule is NCC1CC(=O)c2scnc2C1. The van der Waals surface area contributed by atoms with Gasteiger partial charge in [0.05, 0.1) is 16.1 Å². The number of carbonyl (C=O) groups is 1. The highest BCUT2D eigenvalue weighted by atomic mass is 32.1.